The Balaban J connectivity index is 2.46. The molecule has 104 valence electrons. The molecule has 0 unspecified atom stereocenters. The van der Waals surface area contributed by atoms with Gasteiger partial charge in [-0.2, -0.15) is 0 Å². The number of halogens is 2. The van der Waals surface area contributed by atoms with E-state index < -0.39 is 0 Å². The summed E-state index contributed by atoms with van der Waals surface area (Å²) in [4.78, 5) is 12.5. The topological polar surface area (TPSA) is 35.5 Å². The number of rotatable bonds is 4. The van der Waals surface area contributed by atoms with Gasteiger partial charge in [0.1, 0.15) is 0 Å². The van der Waals surface area contributed by atoms with Crippen molar-refractivity contribution in [1.29, 1.82) is 0 Å². The number of benzene rings is 2. The summed E-state index contributed by atoms with van der Waals surface area (Å²) < 4.78 is 12.0. The molecule has 3 nitrogen and oxygen atoms in total. The third-order valence-electron chi connectivity index (χ3n) is 2.82. The Kier molecular flexibility index (Phi) is 4.83. The van der Waals surface area contributed by atoms with Crippen molar-refractivity contribution in [2.24, 2.45) is 0 Å². The molecule has 0 saturated carbocycles. The van der Waals surface area contributed by atoms with Gasteiger partial charge in [0.05, 0.1) is 14.2 Å². The molecule has 2 aromatic rings. The van der Waals surface area contributed by atoms with E-state index in [-0.39, 0.29) is 5.78 Å². The van der Waals surface area contributed by atoms with Gasteiger partial charge < -0.3 is 9.47 Å². The number of ketones is 1. The van der Waals surface area contributed by atoms with E-state index >= 15 is 0 Å². The van der Waals surface area contributed by atoms with Crippen LogP contribution in [0.25, 0.3) is 0 Å². The Hall–Kier alpha value is -1.33. The van der Waals surface area contributed by atoms with Gasteiger partial charge in [0.25, 0.3) is 0 Å². The van der Waals surface area contributed by atoms with E-state index in [1.165, 1.54) is 0 Å². The molecule has 5 heteroatoms. The van der Waals surface area contributed by atoms with Gasteiger partial charge in [-0.25, -0.2) is 0 Å². The third-order valence-corrected chi connectivity index (χ3v) is 4.01. The van der Waals surface area contributed by atoms with Crippen LogP contribution in [0.5, 0.6) is 11.5 Å². The van der Waals surface area contributed by atoms with Crippen molar-refractivity contribution in [3.05, 3.63) is 56.5 Å². The minimum absolute atomic E-state index is 0.0784. The molecule has 2 aromatic carbocycles. The highest BCUT2D eigenvalue weighted by Gasteiger charge is 2.16. The van der Waals surface area contributed by atoms with Crippen LogP contribution >= 0.6 is 31.9 Å². The summed E-state index contributed by atoms with van der Waals surface area (Å²) in [5.74, 6) is 1.02. The molecule has 0 N–H and O–H groups in total. The van der Waals surface area contributed by atoms with Crippen LogP contribution in [-0.4, -0.2) is 20.0 Å². The Morgan fingerprint density at radius 2 is 1.50 bits per heavy atom. The van der Waals surface area contributed by atoms with Crippen LogP contribution in [-0.2, 0) is 0 Å². The van der Waals surface area contributed by atoms with Crippen LogP contribution in [0.4, 0.5) is 0 Å². The van der Waals surface area contributed by atoms with Crippen molar-refractivity contribution < 1.29 is 14.3 Å². The third kappa shape index (κ3) is 3.04. The van der Waals surface area contributed by atoms with Crippen molar-refractivity contribution in [2.45, 2.75) is 0 Å². The number of ether oxygens (including phenoxy) is 2. The number of carbonyl (C=O) groups excluding carboxylic acids is 1. The van der Waals surface area contributed by atoms with Crippen LogP contribution < -0.4 is 9.47 Å². The first-order valence-corrected chi connectivity index (χ1v) is 7.37. The highest BCUT2D eigenvalue weighted by atomic mass is 79.9. The molecule has 20 heavy (non-hydrogen) atoms. The molecule has 0 radical (unpaired) electrons. The minimum atomic E-state index is -0.0784. The largest absolute Gasteiger partial charge is 0.493 e. The molecule has 0 fully saturated rings. The number of hydrogen-bond donors (Lipinski definition) is 0. The van der Waals surface area contributed by atoms with Crippen LogP contribution in [0.1, 0.15) is 15.9 Å². The van der Waals surface area contributed by atoms with Crippen molar-refractivity contribution >= 4 is 37.6 Å². The highest BCUT2D eigenvalue weighted by Crippen LogP contribution is 2.34. The first-order chi connectivity index (χ1) is 9.56. The van der Waals surface area contributed by atoms with Crippen LogP contribution in [0.3, 0.4) is 0 Å². The zero-order valence-electron chi connectivity index (χ0n) is 10.9. The molecule has 0 spiro atoms. The standard InChI is InChI=1S/C15H12Br2O3/c1-19-13-7-11(12(17)8-14(13)20-2)15(18)9-3-5-10(16)6-4-9/h3-8H,1-2H3. The van der Waals surface area contributed by atoms with E-state index in [4.69, 9.17) is 9.47 Å². The maximum absolute atomic E-state index is 12.5. The molecule has 0 aliphatic carbocycles. The molecule has 0 aliphatic rings. The second kappa shape index (κ2) is 6.41. The SMILES string of the molecule is COc1cc(Br)c(C(=O)c2ccc(Br)cc2)cc1OC. The van der Waals surface area contributed by atoms with Gasteiger partial charge >= 0.3 is 0 Å². The lowest BCUT2D eigenvalue weighted by Gasteiger charge is -2.11. The first-order valence-electron chi connectivity index (χ1n) is 5.78. The maximum Gasteiger partial charge on any atom is 0.194 e. The second-order valence-electron chi connectivity index (χ2n) is 4.02. The number of carbonyl (C=O) groups is 1. The van der Waals surface area contributed by atoms with E-state index in [1.54, 1.807) is 38.5 Å². The van der Waals surface area contributed by atoms with Crippen LogP contribution in [0.2, 0.25) is 0 Å². The summed E-state index contributed by atoms with van der Waals surface area (Å²) in [6.07, 6.45) is 0. The van der Waals surface area contributed by atoms with Gasteiger partial charge in [0, 0.05) is 20.1 Å². The van der Waals surface area contributed by atoms with Gasteiger partial charge in [-0.1, -0.05) is 15.9 Å². The van der Waals surface area contributed by atoms with Gasteiger partial charge in [0.2, 0.25) is 0 Å². The highest BCUT2D eigenvalue weighted by molar-refractivity contribution is 9.10. The summed E-state index contributed by atoms with van der Waals surface area (Å²) in [7, 11) is 3.10. The Morgan fingerprint density at radius 3 is 2.05 bits per heavy atom. The van der Waals surface area contributed by atoms with Crippen LogP contribution in [0.15, 0.2) is 45.3 Å². The smallest absolute Gasteiger partial charge is 0.194 e. The first kappa shape index (κ1) is 15.1. The summed E-state index contributed by atoms with van der Waals surface area (Å²) >= 11 is 6.75. The van der Waals surface area contributed by atoms with E-state index in [0.717, 1.165) is 4.47 Å². The predicted octanol–water partition coefficient (Wildman–Crippen LogP) is 4.46. The van der Waals surface area contributed by atoms with Gasteiger partial charge in [-0.3, -0.25) is 4.79 Å². The molecule has 0 atom stereocenters. The van der Waals surface area contributed by atoms with Gasteiger partial charge in [-0.05, 0) is 52.3 Å². The molecule has 0 heterocycles. The van der Waals surface area contributed by atoms with Gasteiger partial charge in [-0.15, -0.1) is 0 Å². The molecule has 0 aliphatic heterocycles. The fourth-order valence-electron chi connectivity index (χ4n) is 1.78. The predicted molar refractivity (Wildman–Crippen MR) is 84.8 cm³/mol. The maximum atomic E-state index is 12.5. The fourth-order valence-corrected chi connectivity index (χ4v) is 2.55. The van der Waals surface area contributed by atoms with Crippen molar-refractivity contribution in [3.8, 4) is 11.5 Å². The van der Waals surface area contributed by atoms with Crippen molar-refractivity contribution in [3.63, 3.8) is 0 Å². The summed E-state index contributed by atoms with van der Waals surface area (Å²) in [5, 5.41) is 0. The molecular formula is C15H12Br2O3. The zero-order chi connectivity index (χ0) is 14.7. The summed E-state index contributed by atoms with van der Waals surface area (Å²) in [6.45, 7) is 0. The lowest BCUT2D eigenvalue weighted by Crippen LogP contribution is -2.03. The molecule has 0 aromatic heterocycles. The molecule has 0 bridgehead atoms. The zero-order valence-corrected chi connectivity index (χ0v) is 14.1. The Bertz CT molecular complexity index is 636. The van der Waals surface area contributed by atoms with Crippen molar-refractivity contribution in [2.75, 3.05) is 14.2 Å². The Morgan fingerprint density at radius 1 is 0.950 bits per heavy atom. The fraction of sp³-hybridized carbons (Fsp3) is 0.133. The number of hydrogen-bond acceptors (Lipinski definition) is 3. The molecular weight excluding hydrogens is 388 g/mol. The van der Waals surface area contributed by atoms with E-state index in [2.05, 4.69) is 31.9 Å². The average molecular weight is 400 g/mol. The summed E-state index contributed by atoms with van der Waals surface area (Å²) in [5.41, 5.74) is 1.14. The average Bonchev–Trinajstić information content (AvgIpc) is 2.47. The Labute approximate surface area is 134 Å². The normalized spacial score (nSPS) is 10.2. The number of methoxy groups -OCH3 is 2. The van der Waals surface area contributed by atoms with Crippen LogP contribution in [0, 0.1) is 0 Å². The minimum Gasteiger partial charge on any atom is -0.493 e. The van der Waals surface area contributed by atoms with E-state index in [1.807, 2.05) is 12.1 Å². The van der Waals surface area contributed by atoms with Gasteiger partial charge in [0.15, 0.2) is 17.3 Å². The van der Waals surface area contributed by atoms with E-state index in [9.17, 15) is 4.79 Å². The summed E-state index contributed by atoms with van der Waals surface area (Å²) in [6, 6.07) is 10.6. The van der Waals surface area contributed by atoms with E-state index in [0.29, 0.717) is 27.1 Å². The second-order valence-corrected chi connectivity index (χ2v) is 5.79. The monoisotopic (exact) mass is 398 g/mol. The molecule has 0 saturated heterocycles. The quantitative estimate of drug-likeness (QED) is 0.712. The van der Waals surface area contributed by atoms with Crippen molar-refractivity contribution in [1.82, 2.24) is 0 Å². The lowest BCUT2D eigenvalue weighted by molar-refractivity contribution is 0.103. The molecule has 0 amide bonds. The molecule has 2 rings (SSSR count). The lowest BCUT2D eigenvalue weighted by atomic mass is 10.0.